The van der Waals surface area contributed by atoms with Crippen molar-refractivity contribution in [3.8, 4) is 11.4 Å². The van der Waals surface area contributed by atoms with Crippen LogP contribution in [0.5, 0.6) is 0 Å². The molecule has 0 aliphatic heterocycles. The van der Waals surface area contributed by atoms with Crippen molar-refractivity contribution in [1.82, 2.24) is 19.7 Å². The summed E-state index contributed by atoms with van der Waals surface area (Å²) in [6, 6.07) is 6.81. The molecule has 10 nitrogen and oxygen atoms in total. The third kappa shape index (κ3) is 3.34. The number of nitrogens with zero attached hydrogens (tertiary/aromatic N) is 6. The van der Waals surface area contributed by atoms with Crippen molar-refractivity contribution >= 4 is 40.7 Å². The Labute approximate surface area is 148 Å². The van der Waals surface area contributed by atoms with Crippen LogP contribution in [0.4, 0.5) is 11.6 Å². The predicted octanol–water partition coefficient (Wildman–Crippen LogP) is 1.09. The maximum atomic E-state index is 11.6. The van der Waals surface area contributed by atoms with E-state index in [1.54, 1.807) is 37.4 Å². The van der Waals surface area contributed by atoms with E-state index in [2.05, 4.69) is 25.0 Å². The van der Waals surface area contributed by atoms with Gasteiger partial charge in [0.15, 0.2) is 17.3 Å². The molecule has 0 spiro atoms. The number of pyridine rings is 2. The van der Waals surface area contributed by atoms with Crippen LogP contribution in [0.2, 0.25) is 0 Å². The van der Waals surface area contributed by atoms with Gasteiger partial charge in [-0.3, -0.25) is 0 Å². The summed E-state index contributed by atoms with van der Waals surface area (Å²) in [5.74, 6) is 5.58. The van der Waals surface area contributed by atoms with E-state index >= 15 is 0 Å². The highest BCUT2D eigenvalue weighted by molar-refractivity contribution is 6.29. The second-order valence-corrected chi connectivity index (χ2v) is 5.29. The number of rotatable bonds is 4. The number of nitrogen functional groups attached to an aromatic ring is 1. The zero-order valence-corrected chi connectivity index (χ0v) is 14.1. The Balaban J connectivity index is 2.19. The van der Waals surface area contributed by atoms with Crippen molar-refractivity contribution in [2.75, 3.05) is 5.73 Å². The van der Waals surface area contributed by atoms with Gasteiger partial charge in [-0.2, -0.15) is 5.10 Å². The SMILES string of the molecule is CC(=O)On1c(-c2cccnc2N)nc2ccc(N=CC(C)=NN)nc21. The summed E-state index contributed by atoms with van der Waals surface area (Å²) in [6.07, 6.45) is 3.03. The summed E-state index contributed by atoms with van der Waals surface area (Å²) >= 11 is 0. The molecule has 3 rings (SSSR count). The minimum Gasteiger partial charge on any atom is -0.383 e. The number of aliphatic imine (C=N–C) groups is 1. The van der Waals surface area contributed by atoms with Crippen molar-refractivity contribution < 1.29 is 9.63 Å². The summed E-state index contributed by atoms with van der Waals surface area (Å²) in [4.78, 5) is 33.9. The maximum absolute atomic E-state index is 11.6. The topological polar surface area (TPSA) is 147 Å². The average Bonchev–Trinajstić information content (AvgIpc) is 2.97. The lowest BCUT2D eigenvalue weighted by Crippen LogP contribution is -2.18. The summed E-state index contributed by atoms with van der Waals surface area (Å²) in [6.45, 7) is 2.99. The van der Waals surface area contributed by atoms with Gasteiger partial charge in [-0.05, 0) is 31.2 Å². The fourth-order valence-electron chi connectivity index (χ4n) is 2.18. The van der Waals surface area contributed by atoms with Crippen LogP contribution in [0.1, 0.15) is 13.8 Å². The van der Waals surface area contributed by atoms with Crippen molar-refractivity contribution in [2.24, 2.45) is 15.9 Å². The zero-order chi connectivity index (χ0) is 18.7. The molecule has 0 aromatic carbocycles. The predicted molar refractivity (Wildman–Crippen MR) is 97.9 cm³/mol. The van der Waals surface area contributed by atoms with Gasteiger partial charge >= 0.3 is 5.97 Å². The first-order valence-corrected chi connectivity index (χ1v) is 7.57. The third-order valence-electron chi connectivity index (χ3n) is 3.34. The normalized spacial score (nSPS) is 12.0. The lowest BCUT2D eigenvalue weighted by atomic mass is 10.2. The van der Waals surface area contributed by atoms with Crippen molar-refractivity contribution in [3.05, 3.63) is 30.5 Å². The van der Waals surface area contributed by atoms with Gasteiger partial charge in [0.2, 0.25) is 0 Å². The molecule has 0 amide bonds. The molecule has 3 heterocycles. The Morgan fingerprint density at radius 2 is 2.08 bits per heavy atom. The van der Waals surface area contributed by atoms with Crippen molar-refractivity contribution in [2.45, 2.75) is 13.8 Å². The Morgan fingerprint density at radius 1 is 1.27 bits per heavy atom. The van der Waals surface area contributed by atoms with Gasteiger partial charge in [-0.1, -0.05) is 0 Å². The number of imidazole rings is 1. The van der Waals surface area contributed by atoms with Crippen LogP contribution in [0.3, 0.4) is 0 Å². The van der Waals surface area contributed by atoms with Crippen molar-refractivity contribution in [1.29, 1.82) is 0 Å². The van der Waals surface area contributed by atoms with Crippen LogP contribution in [0.15, 0.2) is 40.6 Å². The van der Waals surface area contributed by atoms with Crippen LogP contribution in [0.25, 0.3) is 22.6 Å². The number of hydrogen-bond acceptors (Lipinski definition) is 9. The number of fused-ring (bicyclic) bond motifs is 1. The number of anilines is 1. The monoisotopic (exact) mass is 352 g/mol. The number of hydrazone groups is 1. The lowest BCUT2D eigenvalue weighted by Gasteiger charge is -2.08. The number of aromatic nitrogens is 4. The smallest absolute Gasteiger partial charge is 0.330 e. The van der Waals surface area contributed by atoms with E-state index in [-0.39, 0.29) is 5.82 Å². The van der Waals surface area contributed by atoms with E-state index < -0.39 is 5.97 Å². The molecule has 0 fully saturated rings. The van der Waals surface area contributed by atoms with Crippen LogP contribution in [0, 0.1) is 0 Å². The quantitative estimate of drug-likeness (QED) is 0.406. The first-order valence-electron chi connectivity index (χ1n) is 7.57. The summed E-state index contributed by atoms with van der Waals surface area (Å²) in [7, 11) is 0. The second-order valence-electron chi connectivity index (χ2n) is 5.29. The summed E-state index contributed by atoms with van der Waals surface area (Å²) in [5, 5.41) is 3.51. The highest BCUT2D eigenvalue weighted by Gasteiger charge is 2.19. The molecule has 26 heavy (non-hydrogen) atoms. The van der Waals surface area contributed by atoms with E-state index in [0.29, 0.717) is 34.1 Å². The highest BCUT2D eigenvalue weighted by Crippen LogP contribution is 2.27. The number of hydrogen-bond donors (Lipinski definition) is 2. The molecule has 0 saturated heterocycles. The molecule has 4 N–H and O–H groups in total. The molecule has 132 valence electrons. The second kappa shape index (κ2) is 6.97. The molecule has 3 aromatic heterocycles. The van der Waals surface area contributed by atoms with Gasteiger partial charge < -0.3 is 16.4 Å². The van der Waals surface area contributed by atoms with Gasteiger partial charge in [0.1, 0.15) is 11.3 Å². The Bertz CT molecular complexity index is 1040. The summed E-state index contributed by atoms with van der Waals surface area (Å²) < 4.78 is 1.22. The van der Waals surface area contributed by atoms with Gasteiger partial charge in [0.05, 0.1) is 17.5 Å². The molecule has 0 aliphatic carbocycles. The van der Waals surface area contributed by atoms with E-state index in [1.807, 2.05) is 0 Å². The largest absolute Gasteiger partial charge is 0.383 e. The minimum absolute atomic E-state index is 0.254. The third-order valence-corrected chi connectivity index (χ3v) is 3.34. The first-order chi connectivity index (χ1) is 12.5. The molecule has 0 radical (unpaired) electrons. The van der Waals surface area contributed by atoms with E-state index in [0.717, 1.165) is 0 Å². The van der Waals surface area contributed by atoms with Crippen LogP contribution in [-0.2, 0) is 4.79 Å². The van der Waals surface area contributed by atoms with Crippen LogP contribution in [-0.4, -0.2) is 37.6 Å². The zero-order valence-electron chi connectivity index (χ0n) is 14.1. The molecular weight excluding hydrogens is 336 g/mol. The molecular formula is C16H16N8O2. The van der Waals surface area contributed by atoms with E-state index in [9.17, 15) is 4.79 Å². The molecule has 10 heteroatoms. The highest BCUT2D eigenvalue weighted by atomic mass is 16.7. The van der Waals surface area contributed by atoms with Gasteiger partial charge in [-0.15, -0.1) is 4.73 Å². The Morgan fingerprint density at radius 3 is 2.77 bits per heavy atom. The van der Waals surface area contributed by atoms with E-state index in [1.165, 1.54) is 17.9 Å². The van der Waals surface area contributed by atoms with E-state index in [4.69, 9.17) is 16.4 Å². The van der Waals surface area contributed by atoms with Crippen LogP contribution >= 0.6 is 0 Å². The lowest BCUT2D eigenvalue weighted by molar-refractivity contribution is -0.140. The Kier molecular flexibility index (Phi) is 4.56. The van der Waals surface area contributed by atoms with Gasteiger partial charge in [0.25, 0.3) is 0 Å². The number of carbonyl (C=O) groups excluding carboxylic acids is 1. The minimum atomic E-state index is -0.533. The average molecular weight is 352 g/mol. The molecule has 0 atom stereocenters. The fraction of sp³-hybridized carbons (Fsp3) is 0.125. The fourth-order valence-corrected chi connectivity index (χ4v) is 2.18. The number of carbonyl (C=O) groups is 1. The maximum Gasteiger partial charge on any atom is 0.330 e. The molecule has 0 unspecified atom stereocenters. The van der Waals surface area contributed by atoms with Gasteiger partial charge in [-0.25, -0.2) is 24.7 Å². The number of nitrogens with two attached hydrogens (primary N) is 2. The first kappa shape index (κ1) is 17.0. The van der Waals surface area contributed by atoms with Crippen LogP contribution < -0.4 is 16.4 Å². The molecule has 0 saturated carbocycles. The van der Waals surface area contributed by atoms with Gasteiger partial charge in [0, 0.05) is 13.1 Å². The van der Waals surface area contributed by atoms with Crippen molar-refractivity contribution in [3.63, 3.8) is 0 Å². The Hall–Kier alpha value is -3.82. The summed E-state index contributed by atoms with van der Waals surface area (Å²) in [5.41, 5.74) is 7.80. The molecule has 0 aliphatic rings. The standard InChI is InChI=1S/C16H16N8O2/c1-9(23-18)8-20-13-6-5-12-16(22-13)24(26-10(2)25)15(21-12)11-4-3-7-19-14(11)17/h3-8H,18H2,1-2H3,(H2,17,19). The molecule has 3 aromatic rings. The molecule has 0 bridgehead atoms.